The highest BCUT2D eigenvalue weighted by atomic mass is 35.5. The first-order chi connectivity index (χ1) is 15.3. The molecule has 8 heteroatoms. The number of rotatable bonds is 4. The first kappa shape index (κ1) is 21.0. The zero-order valence-corrected chi connectivity index (χ0v) is 18.8. The van der Waals surface area contributed by atoms with Crippen molar-refractivity contribution in [2.75, 3.05) is 12.4 Å². The summed E-state index contributed by atoms with van der Waals surface area (Å²) in [5.41, 5.74) is 0.625. The number of nitrogens with zero attached hydrogens (tertiary/aromatic N) is 1. The number of hydrogen-bond acceptors (Lipinski definition) is 5. The third-order valence-electron chi connectivity index (χ3n) is 6.94. The molecule has 5 rings (SSSR count). The maximum atomic E-state index is 13.7. The molecule has 7 nitrogen and oxygen atoms in total. The molecule has 0 bridgehead atoms. The fourth-order valence-electron chi connectivity index (χ4n) is 5.43. The minimum atomic E-state index is -1.32. The lowest BCUT2D eigenvalue weighted by molar-refractivity contribution is -0.143. The van der Waals surface area contributed by atoms with Crippen molar-refractivity contribution in [1.82, 2.24) is 10.2 Å². The Hall–Kier alpha value is -2.90. The molecule has 0 unspecified atom stereocenters. The summed E-state index contributed by atoms with van der Waals surface area (Å²) in [6, 6.07) is 12.2. The molecule has 2 saturated heterocycles. The van der Waals surface area contributed by atoms with E-state index < -0.39 is 17.4 Å². The van der Waals surface area contributed by atoms with Crippen LogP contribution in [0.4, 0.5) is 5.69 Å². The van der Waals surface area contributed by atoms with E-state index >= 15 is 0 Å². The van der Waals surface area contributed by atoms with E-state index in [1.165, 1.54) is 4.90 Å². The molecule has 2 aromatic rings. The van der Waals surface area contributed by atoms with Gasteiger partial charge in [0.15, 0.2) is 0 Å². The number of amides is 3. The molecule has 1 spiro atoms. The second kappa shape index (κ2) is 7.32. The number of ether oxygens (including phenoxy) is 1. The Bertz CT molecular complexity index is 1130. The van der Waals surface area contributed by atoms with Crippen molar-refractivity contribution < 1.29 is 19.1 Å². The number of likely N-dealkylation sites (tertiary alicyclic amines) is 1. The van der Waals surface area contributed by atoms with Crippen molar-refractivity contribution in [2.24, 2.45) is 17.8 Å². The molecule has 0 aromatic heterocycles. The minimum absolute atomic E-state index is 0.0376. The van der Waals surface area contributed by atoms with E-state index in [-0.39, 0.29) is 36.2 Å². The number of fused-ring (bicyclic) bond motifs is 4. The Morgan fingerprint density at radius 1 is 1.09 bits per heavy atom. The van der Waals surface area contributed by atoms with Crippen molar-refractivity contribution in [1.29, 1.82) is 0 Å². The van der Waals surface area contributed by atoms with E-state index in [1.54, 1.807) is 37.4 Å². The molecule has 2 N–H and O–H groups in total. The van der Waals surface area contributed by atoms with Crippen molar-refractivity contribution >= 4 is 35.0 Å². The SMILES string of the molecule is COc1ccc(CN2C(=O)[C@H]3[C@@H](C2=O)[C@@]2(N[C@H]3C(C)C)C(=O)Nc3c(Cl)cccc32)cc1. The minimum Gasteiger partial charge on any atom is -0.497 e. The van der Waals surface area contributed by atoms with Gasteiger partial charge in [0.1, 0.15) is 11.3 Å². The third-order valence-corrected chi connectivity index (χ3v) is 7.26. The molecule has 0 saturated carbocycles. The summed E-state index contributed by atoms with van der Waals surface area (Å²) in [7, 11) is 1.58. The normalized spacial score (nSPS) is 28.5. The fraction of sp³-hybridized carbons (Fsp3) is 0.375. The molecule has 4 atom stereocenters. The molecule has 32 heavy (non-hydrogen) atoms. The van der Waals surface area contributed by atoms with Crippen molar-refractivity contribution in [3.63, 3.8) is 0 Å². The molecule has 0 aliphatic carbocycles. The number of anilines is 1. The van der Waals surface area contributed by atoms with E-state index in [4.69, 9.17) is 16.3 Å². The van der Waals surface area contributed by atoms with Gasteiger partial charge in [0.25, 0.3) is 0 Å². The van der Waals surface area contributed by atoms with Gasteiger partial charge in [0, 0.05) is 11.6 Å². The second-order valence-electron chi connectivity index (χ2n) is 8.95. The Kier molecular flexibility index (Phi) is 4.80. The molecule has 2 aromatic carbocycles. The number of carbonyl (C=O) groups excluding carboxylic acids is 3. The maximum absolute atomic E-state index is 13.7. The zero-order valence-electron chi connectivity index (χ0n) is 18.0. The zero-order chi connectivity index (χ0) is 22.8. The van der Waals surface area contributed by atoms with Crippen molar-refractivity contribution in [3.8, 4) is 5.75 Å². The average Bonchev–Trinajstić information content (AvgIpc) is 3.36. The monoisotopic (exact) mass is 453 g/mol. The van der Waals surface area contributed by atoms with E-state index in [0.717, 1.165) is 5.56 Å². The molecule has 3 heterocycles. The van der Waals surface area contributed by atoms with E-state index in [0.29, 0.717) is 22.0 Å². The van der Waals surface area contributed by atoms with Crippen LogP contribution in [0.15, 0.2) is 42.5 Å². The molecule has 2 fully saturated rings. The summed E-state index contributed by atoms with van der Waals surface area (Å²) in [5.74, 6) is -1.65. The Labute approximate surface area is 191 Å². The number of halogens is 1. The summed E-state index contributed by atoms with van der Waals surface area (Å²) < 4.78 is 5.19. The number of methoxy groups -OCH3 is 1. The maximum Gasteiger partial charge on any atom is 0.250 e. The van der Waals surface area contributed by atoms with Gasteiger partial charge < -0.3 is 10.1 Å². The van der Waals surface area contributed by atoms with Gasteiger partial charge in [-0.1, -0.05) is 49.7 Å². The van der Waals surface area contributed by atoms with Crippen LogP contribution in [0.5, 0.6) is 5.75 Å². The highest BCUT2D eigenvalue weighted by Crippen LogP contribution is 2.55. The summed E-state index contributed by atoms with van der Waals surface area (Å²) in [5, 5.41) is 6.67. The van der Waals surface area contributed by atoms with Gasteiger partial charge in [-0.3, -0.25) is 24.6 Å². The summed E-state index contributed by atoms with van der Waals surface area (Å²) in [4.78, 5) is 41.9. The lowest BCUT2D eigenvalue weighted by Crippen LogP contribution is -2.53. The average molecular weight is 454 g/mol. The highest BCUT2D eigenvalue weighted by Gasteiger charge is 2.70. The molecule has 0 radical (unpaired) electrons. The van der Waals surface area contributed by atoms with Crippen LogP contribution in [0.1, 0.15) is 25.0 Å². The van der Waals surface area contributed by atoms with E-state index in [1.807, 2.05) is 26.0 Å². The van der Waals surface area contributed by atoms with Gasteiger partial charge >= 0.3 is 0 Å². The molecule has 3 amide bonds. The van der Waals surface area contributed by atoms with Gasteiger partial charge in [-0.25, -0.2) is 0 Å². The van der Waals surface area contributed by atoms with E-state index in [9.17, 15) is 14.4 Å². The number of benzene rings is 2. The van der Waals surface area contributed by atoms with Gasteiger partial charge in [0.05, 0.1) is 36.2 Å². The van der Waals surface area contributed by atoms with Crippen LogP contribution in [0.25, 0.3) is 0 Å². The Morgan fingerprint density at radius 3 is 2.47 bits per heavy atom. The molecule has 3 aliphatic heterocycles. The predicted molar refractivity (Wildman–Crippen MR) is 119 cm³/mol. The van der Waals surface area contributed by atoms with Crippen LogP contribution in [-0.4, -0.2) is 35.8 Å². The largest absolute Gasteiger partial charge is 0.497 e. The van der Waals surface area contributed by atoms with Crippen LogP contribution in [0.2, 0.25) is 5.02 Å². The highest BCUT2D eigenvalue weighted by molar-refractivity contribution is 6.35. The molecule has 3 aliphatic rings. The Morgan fingerprint density at radius 2 is 1.81 bits per heavy atom. The van der Waals surface area contributed by atoms with Crippen LogP contribution in [0, 0.1) is 17.8 Å². The Balaban J connectivity index is 1.58. The van der Waals surface area contributed by atoms with Crippen LogP contribution < -0.4 is 15.4 Å². The summed E-state index contributed by atoms with van der Waals surface area (Å²) in [6.07, 6.45) is 0. The summed E-state index contributed by atoms with van der Waals surface area (Å²) >= 11 is 6.35. The van der Waals surface area contributed by atoms with Crippen molar-refractivity contribution in [2.45, 2.75) is 32.0 Å². The van der Waals surface area contributed by atoms with Crippen LogP contribution >= 0.6 is 11.6 Å². The van der Waals surface area contributed by atoms with Crippen LogP contribution in [-0.2, 0) is 26.5 Å². The number of para-hydroxylation sites is 1. The first-order valence-corrected chi connectivity index (χ1v) is 11.0. The summed E-state index contributed by atoms with van der Waals surface area (Å²) in [6.45, 7) is 4.13. The standard InChI is InChI=1S/C24H24ClN3O4/c1-12(2)19-17-18(24(27-19)15-5-4-6-16(25)20(15)26-23(24)31)22(30)28(21(17)29)11-13-7-9-14(32-3)10-8-13/h4-10,12,17-19,27H,11H2,1-3H3,(H,26,31)/t17-,18-,19-,24+/m0/s1. The quantitative estimate of drug-likeness (QED) is 0.695. The number of nitrogens with one attached hydrogen (secondary N) is 2. The van der Waals surface area contributed by atoms with E-state index in [2.05, 4.69) is 10.6 Å². The van der Waals surface area contributed by atoms with Crippen LogP contribution in [0.3, 0.4) is 0 Å². The lowest BCUT2D eigenvalue weighted by atomic mass is 9.76. The third kappa shape index (κ3) is 2.74. The second-order valence-corrected chi connectivity index (χ2v) is 9.36. The fourth-order valence-corrected chi connectivity index (χ4v) is 5.65. The van der Waals surface area contributed by atoms with Crippen molar-refractivity contribution in [3.05, 3.63) is 58.6 Å². The first-order valence-electron chi connectivity index (χ1n) is 10.7. The predicted octanol–water partition coefficient (Wildman–Crippen LogP) is 2.93. The smallest absolute Gasteiger partial charge is 0.250 e. The van der Waals surface area contributed by atoms with Gasteiger partial charge in [0.2, 0.25) is 17.7 Å². The van der Waals surface area contributed by atoms with Gasteiger partial charge in [-0.15, -0.1) is 0 Å². The van der Waals surface area contributed by atoms with Gasteiger partial charge in [-0.05, 0) is 29.7 Å². The number of carbonyl (C=O) groups is 3. The number of hydrogen-bond donors (Lipinski definition) is 2. The van der Waals surface area contributed by atoms with Gasteiger partial charge in [-0.2, -0.15) is 0 Å². The molecular formula is C24H24ClN3O4. The topological polar surface area (TPSA) is 87.7 Å². The lowest BCUT2D eigenvalue weighted by Gasteiger charge is -2.30. The number of imide groups is 1. The molecular weight excluding hydrogens is 430 g/mol. The molecule has 166 valence electrons.